The Bertz CT molecular complexity index is 671. The van der Waals surface area contributed by atoms with Gasteiger partial charge in [0.25, 0.3) is 0 Å². The number of carbonyl (C=O) groups excluding carboxylic acids is 1. The molecule has 0 fully saturated rings. The van der Waals surface area contributed by atoms with Gasteiger partial charge < -0.3 is 5.32 Å². The summed E-state index contributed by atoms with van der Waals surface area (Å²) in [5.74, 6) is -1.35. The number of carbonyl (C=O) groups is 1. The number of halogens is 2. The standard InChI is InChI=1S/C18H20F2N2O/c1-13-3-5-14(6-4-13)10-21-18(23)12-22(2)11-15-7-8-16(19)9-17(15)20/h3-9H,10-12H2,1-2H3,(H,21,23). The van der Waals surface area contributed by atoms with Crippen molar-refractivity contribution in [1.29, 1.82) is 0 Å². The molecule has 5 heteroatoms. The number of rotatable bonds is 6. The molecule has 1 amide bonds. The lowest BCUT2D eigenvalue weighted by molar-refractivity contribution is -0.122. The van der Waals surface area contributed by atoms with Crippen molar-refractivity contribution in [2.24, 2.45) is 0 Å². The molecule has 122 valence electrons. The fourth-order valence-corrected chi connectivity index (χ4v) is 2.20. The molecule has 0 aromatic heterocycles. The van der Waals surface area contributed by atoms with E-state index >= 15 is 0 Å². The van der Waals surface area contributed by atoms with Gasteiger partial charge in [-0.15, -0.1) is 0 Å². The normalized spacial score (nSPS) is 10.8. The molecule has 2 aromatic rings. The lowest BCUT2D eigenvalue weighted by Crippen LogP contribution is -2.34. The van der Waals surface area contributed by atoms with E-state index in [1.54, 1.807) is 11.9 Å². The Kier molecular flexibility index (Phi) is 5.82. The summed E-state index contributed by atoms with van der Waals surface area (Å²) < 4.78 is 26.4. The number of nitrogens with one attached hydrogen (secondary N) is 1. The second kappa shape index (κ2) is 7.83. The smallest absolute Gasteiger partial charge is 0.234 e. The molecule has 0 aliphatic rings. The number of aryl methyl sites for hydroxylation is 1. The van der Waals surface area contributed by atoms with Gasteiger partial charge >= 0.3 is 0 Å². The highest BCUT2D eigenvalue weighted by Crippen LogP contribution is 2.11. The number of hydrogen-bond acceptors (Lipinski definition) is 2. The lowest BCUT2D eigenvalue weighted by Gasteiger charge is -2.17. The number of benzene rings is 2. The highest BCUT2D eigenvalue weighted by molar-refractivity contribution is 5.77. The molecule has 0 heterocycles. The van der Waals surface area contributed by atoms with E-state index in [0.29, 0.717) is 12.1 Å². The van der Waals surface area contributed by atoms with Gasteiger partial charge in [0.2, 0.25) is 5.91 Å². The summed E-state index contributed by atoms with van der Waals surface area (Å²) in [5.41, 5.74) is 2.55. The van der Waals surface area contributed by atoms with E-state index in [9.17, 15) is 13.6 Å². The molecule has 0 aliphatic carbocycles. The van der Waals surface area contributed by atoms with Gasteiger partial charge in [-0.05, 0) is 25.6 Å². The molecule has 0 saturated carbocycles. The molecule has 2 aromatic carbocycles. The fourth-order valence-electron chi connectivity index (χ4n) is 2.20. The third-order valence-corrected chi connectivity index (χ3v) is 3.48. The highest BCUT2D eigenvalue weighted by Gasteiger charge is 2.10. The van der Waals surface area contributed by atoms with Crippen molar-refractivity contribution in [1.82, 2.24) is 10.2 Å². The molecule has 0 aliphatic heterocycles. The number of likely N-dealkylation sites (N-methyl/N-ethyl adjacent to an activating group) is 1. The van der Waals surface area contributed by atoms with Crippen LogP contribution in [0.2, 0.25) is 0 Å². The molecule has 23 heavy (non-hydrogen) atoms. The maximum Gasteiger partial charge on any atom is 0.234 e. The Morgan fingerprint density at radius 2 is 1.83 bits per heavy atom. The molecule has 1 N–H and O–H groups in total. The molecule has 0 spiro atoms. The second-order valence-electron chi connectivity index (χ2n) is 5.67. The Morgan fingerprint density at radius 1 is 1.13 bits per heavy atom. The summed E-state index contributed by atoms with van der Waals surface area (Å²) in [5, 5.41) is 2.82. The number of amides is 1. The molecule has 3 nitrogen and oxygen atoms in total. The first-order valence-corrected chi connectivity index (χ1v) is 7.39. The van der Waals surface area contributed by atoms with Crippen LogP contribution in [0.1, 0.15) is 16.7 Å². The van der Waals surface area contributed by atoms with Crippen LogP contribution < -0.4 is 5.32 Å². The van der Waals surface area contributed by atoms with Gasteiger partial charge in [0.05, 0.1) is 6.54 Å². The number of hydrogen-bond donors (Lipinski definition) is 1. The van der Waals surface area contributed by atoms with E-state index in [4.69, 9.17) is 0 Å². The molecule has 2 rings (SSSR count). The minimum atomic E-state index is -0.607. The van der Waals surface area contributed by atoms with Crippen LogP contribution in [0.15, 0.2) is 42.5 Å². The van der Waals surface area contributed by atoms with Crippen molar-refractivity contribution >= 4 is 5.91 Å². The van der Waals surface area contributed by atoms with Crippen molar-refractivity contribution in [2.45, 2.75) is 20.0 Å². The molecule has 0 unspecified atom stereocenters. The first-order chi connectivity index (χ1) is 10.9. The molecule has 0 atom stereocenters. The summed E-state index contributed by atoms with van der Waals surface area (Å²) in [7, 11) is 1.72. The SMILES string of the molecule is Cc1ccc(CNC(=O)CN(C)Cc2ccc(F)cc2F)cc1. The van der Waals surface area contributed by atoms with Gasteiger partial charge in [-0.2, -0.15) is 0 Å². The maximum atomic E-state index is 13.6. The van der Waals surface area contributed by atoms with Crippen LogP contribution in [0.3, 0.4) is 0 Å². The summed E-state index contributed by atoms with van der Waals surface area (Å²) >= 11 is 0. The minimum absolute atomic E-state index is 0.142. The van der Waals surface area contributed by atoms with Crippen LogP contribution in [0.25, 0.3) is 0 Å². The Hall–Kier alpha value is -2.27. The van der Waals surface area contributed by atoms with Crippen LogP contribution in [-0.2, 0) is 17.9 Å². The van der Waals surface area contributed by atoms with Crippen LogP contribution >= 0.6 is 0 Å². The topological polar surface area (TPSA) is 32.3 Å². The zero-order chi connectivity index (χ0) is 16.8. The van der Waals surface area contributed by atoms with E-state index in [-0.39, 0.29) is 19.0 Å². The quantitative estimate of drug-likeness (QED) is 0.888. The van der Waals surface area contributed by atoms with E-state index in [1.807, 2.05) is 31.2 Å². The summed E-state index contributed by atoms with van der Waals surface area (Å²) in [6.07, 6.45) is 0. The molecular formula is C18H20F2N2O. The van der Waals surface area contributed by atoms with Crippen LogP contribution in [0.4, 0.5) is 8.78 Å². The highest BCUT2D eigenvalue weighted by atomic mass is 19.1. The predicted molar refractivity (Wildman–Crippen MR) is 85.7 cm³/mol. The average molecular weight is 318 g/mol. The Morgan fingerprint density at radius 3 is 2.48 bits per heavy atom. The second-order valence-corrected chi connectivity index (χ2v) is 5.67. The molecule has 0 saturated heterocycles. The zero-order valence-electron chi connectivity index (χ0n) is 13.3. The first kappa shape index (κ1) is 17.1. The lowest BCUT2D eigenvalue weighted by atomic mass is 10.1. The maximum absolute atomic E-state index is 13.6. The summed E-state index contributed by atoms with van der Waals surface area (Å²) in [4.78, 5) is 13.6. The third kappa shape index (κ3) is 5.45. The third-order valence-electron chi connectivity index (χ3n) is 3.48. The van der Waals surface area contributed by atoms with Gasteiger partial charge in [-0.1, -0.05) is 35.9 Å². The molecular weight excluding hydrogens is 298 g/mol. The van der Waals surface area contributed by atoms with Gasteiger partial charge in [0, 0.05) is 24.7 Å². The van der Waals surface area contributed by atoms with Crippen LogP contribution in [-0.4, -0.2) is 24.4 Å². The van der Waals surface area contributed by atoms with Crippen molar-refractivity contribution in [3.05, 3.63) is 70.8 Å². The van der Waals surface area contributed by atoms with Gasteiger partial charge in [0.1, 0.15) is 11.6 Å². The van der Waals surface area contributed by atoms with Crippen molar-refractivity contribution < 1.29 is 13.6 Å². The van der Waals surface area contributed by atoms with E-state index < -0.39 is 11.6 Å². The summed E-state index contributed by atoms with van der Waals surface area (Å²) in [6, 6.07) is 11.4. The summed E-state index contributed by atoms with van der Waals surface area (Å²) in [6.45, 7) is 2.84. The molecule has 0 radical (unpaired) electrons. The van der Waals surface area contributed by atoms with Gasteiger partial charge in [-0.3, -0.25) is 9.69 Å². The Balaban J connectivity index is 1.81. The largest absolute Gasteiger partial charge is 0.351 e. The van der Waals surface area contributed by atoms with Crippen molar-refractivity contribution in [3.8, 4) is 0 Å². The van der Waals surface area contributed by atoms with Crippen LogP contribution in [0.5, 0.6) is 0 Å². The van der Waals surface area contributed by atoms with Gasteiger partial charge in [-0.25, -0.2) is 8.78 Å². The van der Waals surface area contributed by atoms with E-state index in [2.05, 4.69) is 5.32 Å². The first-order valence-electron chi connectivity index (χ1n) is 7.39. The van der Waals surface area contributed by atoms with E-state index in [1.165, 1.54) is 17.7 Å². The number of nitrogens with zero attached hydrogens (tertiary/aromatic N) is 1. The average Bonchev–Trinajstić information content (AvgIpc) is 2.49. The van der Waals surface area contributed by atoms with Gasteiger partial charge in [0.15, 0.2) is 0 Å². The fraction of sp³-hybridized carbons (Fsp3) is 0.278. The monoisotopic (exact) mass is 318 g/mol. The predicted octanol–water partition coefficient (Wildman–Crippen LogP) is 3.02. The van der Waals surface area contributed by atoms with Crippen molar-refractivity contribution in [3.63, 3.8) is 0 Å². The van der Waals surface area contributed by atoms with Crippen LogP contribution in [0, 0.1) is 18.6 Å². The Labute approximate surface area is 134 Å². The minimum Gasteiger partial charge on any atom is -0.351 e. The zero-order valence-corrected chi connectivity index (χ0v) is 13.3. The van der Waals surface area contributed by atoms with E-state index in [0.717, 1.165) is 11.6 Å². The van der Waals surface area contributed by atoms with Crippen molar-refractivity contribution in [2.75, 3.05) is 13.6 Å². The molecule has 0 bridgehead atoms.